The van der Waals surface area contributed by atoms with Crippen LogP contribution in [0.15, 0.2) is 84.9 Å². The van der Waals surface area contributed by atoms with Crippen molar-refractivity contribution >= 4 is 12.0 Å². The van der Waals surface area contributed by atoms with Crippen LogP contribution in [-0.2, 0) is 10.2 Å². The highest BCUT2D eigenvalue weighted by Gasteiger charge is 2.38. The standard InChI is InChI=1S/C27H25NO2/c29-26(20-30-24-12-10-22(11-13-24)21-6-2-1-3-7-21)28-18-16-27(17-19-28)15-14-23-8-4-5-9-25(23)27/h1-15H,16-20H2. The number of likely N-dealkylation sites (tertiary alicyclic amines) is 1. The molecule has 1 aliphatic carbocycles. The first-order chi connectivity index (χ1) is 14.7. The van der Waals surface area contributed by atoms with Crippen molar-refractivity contribution in [2.75, 3.05) is 19.7 Å². The summed E-state index contributed by atoms with van der Waals surface area (Å²) in [7, 11) is 0. The average Bonchev–Trinajstić information content (AvgIpc) is 3.17. The molecule has 30 heavy (non-hydrogen) atoms. The Morgan fingerprint density at radius 3 is 2.27 bits per heavy atom. The van der Waals surface area contributed by atoms with Crippen molar-refractivity contribution in [3.63, 3.8) is 0 Å². The lowest BCUT2D eigenvalue weighted by Crippen LogP contribution is -2.45. The molecule has 0 bridgehead atoms. The molecular formula is C27H25NO2. The molecule has 0 radical (unpaired) electrons. The SMILES string of the molecule is O=C(COc1ccc(-c2ccccc2)cc1)N1CCC2(C=Cc3ccccc32)CC1. The molecule has 1 saturated heterocycles. The number of benzene rings is 3. The van der Waals surface area contributed by atoms with Gasteiger partial charge in [0.1, 0.15) is 5.75 Å². The molecule has 1 heterocycles. The summed E-state index contributed by atoms with van der Waals surface area (Å²) in [5.74, 6) is 0.788. The number of ether oxygens (including phenoxy) is 1. The molecular weight excluding hydrogens is 370 g/mol. The van der Waals surface area contributed by atoms with E-state index >= 15 is 0 Å². The fourth-order valence-corrected chi connectivity index (χ4v) is 4.64. The predicted octanol–water partition coefficient (Wildman–Crippen LogP) is 5.32. The Bertz CT molecular complexity index is 1060. The highest BCUT2D eigenvalue weighted by molar-refractivity contribution is 5.78. The van der Waals surface area contributed by atoms with E-state index in [9.17, 15) is 4.79 Å². The van der Waals surface area contributed by atoms with Crippen molar-refractivity contribution in [3.05, 3.63) is 96.1 Å². The number of rotatable bonds is 4. The van der Waals surface area contributed by atoms with Crippen LogP contribution in [0.2, 0.25) is 0 Å². The van der Waals surface area contributed by atoms with Gasteiger partial charge in [-0.2, -0.15) is 0 Å². The zero-order valence-electron chi connectivity index (χ0n) is 17.0. The van der Waals surface area contributed by atoms with Crippen molar-refractivity contribution in [2.24, 2.45) is 0 Å². The Balaban J connectivity index is 1.16. The Kier molecular flexibility index (Phi) is 4.88. The van der Waals surface area contributed by atoms with Crippen LogP contribution in [0.3, 0.4) is 0 Å². The number of carbonyl (C=O) groups excluding carboxylic acids is 1. The van der Waals surface area contributed by atoms with Crippen LogP contribution in [0.5, 0.6) is 5.75 Å². The van der Waals surface area contributed by atoms with E-state index in [1.165, 1.54) is 16.7 Å². The van der Waals surface area contributed by atoms with Crippen LogP contribution in [0.4, 0.5) is 0 Å². The first-order valence-electron chi connectivity index (χ1n) is 10.6. The van der Waals surface area contributed by atoms with Gasteiger partial charge in [0.05, 0.1) is 0 Å². The van der Waals surface area contributed by atoms with Gasteiger partial charge >= 0.3 is 0 Å². The van der Waals surface area contributed by atoms with Gasteiger partial charge in [-0.15, -0.1) is 0 Å². The van der Waals surface area contributed by atoms with Gasteiger partial charge in [-0.1, -0.05) is 78.9 Å². The highest BCUT2D eigenvalue weighted by Crippen LogP contribution is 2.43. The second-order valence-electron chi connectivity index (χ2n) is 8.14. The molecule has 3 aromatic rings. The van der Waals surface area contributed by atoms with E-state index in [0.717, 1.165) is 37.2 Å². The molecule has 1 amide bonds. The van der Waals surface area contributed by atoms with Gasteiger partial charge in [-0.25, -0.2) is 0 Å². The molecule has 0 saturated carbocycles. The molecule has 0 atom stereocenters. The minimum atomic E-state index is 0.0623. The van der Waals surface area contributed by atoms with Gasteiger partial charge in [-0.05, 0) is 47.2 Å². The summed E-state index contributed by atoms with van der Waals surface area (Å²) in [5.41, 5.74) is 5.14. The number of hydrogen-bond donors (Lipinski definition) is 0. The lowest BCUT2D eigenvalue weighted by molar-refractivity contribution is -0.134. The molecule has 0 aromatic heterocycles. The summed E-state index contributed by atoms with van der Waals surface area (Å²) >= 11 is 0. The first kappa shape index (κ1) is 18.7. The number of fused-ring (bicyclic) bond motifs is 2. The van der Waals surface area contributed by atoms with Crippen molar-refractivity contribution in [2.45, 2.75) is 18.3 Å². The van der Waals surface area contributed by atoms with E-state index in [2.05, 4.69) is 48.6 Å². The molecule has 3 heteroatoms. The van der Waals surface area contributed by atoms with Crippen molar-refractivity contribution in [3.8, 4) is 16.9 Å². The van der Waals surface area contributed by atoms with Gasteiger partial charge in [0.2, 0.25) is 0 Å². The van der Waals surface area contributed by atoms with E-state index in [0.29, 0.717) is 0 Å². The second kappa shape index (κ2) is 7.83. The Morgan fingerprint density at radius 1 is 0.833 bits per heavy atom. The van der Waals surface area contributed by atoms with Gasteiger partial charge in [-0.3, -0.25) is 4.79 Å². The van der Waals surface area contributed by atoms with E-state index in [1.54, 1.807) is 0 Å². The maximum atomic E-state index is 12.7. The smallest absolute Gasteiger partial charge is 0.260 e. The molecule has 3 aromatic carbocycles. The maximum Gasteiger partial charge on any atom is 0.260 e. The molecule has 150 valence electrons. The number of hydrogen-bond acceptors (Lipinski definition) is 2. The van der Waals surface area contributed by atoms with E-state index in [4.69, 9.17) is 4.74 Å². The molecule has 3 nitrogen and oxygen atoms in total. The molecule has 1 aliphatic heterocycles. The monoisotopic (exact) mass is 395 g/mol. The first-order valence-corrected chi connectivity index (χ1v) is 10.6. The van der Waals surface area contributed by atoms with Gasteiger partial charge in [0, 0.05) is 18.5 Å². The fourth-order valence-electron chi connectivity index (χ4n) is 4.64. The zero-order chi connectivity index (χ0) is 20.4. The Labute approximate surface area is 177 Å². The van der Waals surface area contributed by atoms with E-state index in [1.807, 2.05) is 47.4 Å². The summed E-state index contributed by atoms with van der Waals surface area (Å²) < 4.78 is 5.78. The third-order valence-electron chi connectivity index (χ3n) is 6.41. The lowest BCUT2D eigenvalue weighted by atomic mass is 9.74. The molecule has 1 spiro atoms. The average molecular weight is 396 g/mol. The molecule has 0 N–H and O–H groups in total. The summed E-state index contributed by atoms with van der Waals surface area (Å²) in [6.45, 7) is 1.63. The van der Waals surface area contributed by atoms with Crippen LogP contribution in [0, 0.1) is 0 Å². The van der Waals surface area contributed by atoms with Crippen LogP contribution >= 0.6 is 0 Å². The van der Waals surface area contributed by atoms with Crippen LogP contribution in [0.1, 0.15) is 24.0 Å². The summed E-state index contributed by atoms with van der Waals surface area (Å²) in [6, 6.07) is 26.8. The largest absolute Gasteiger partial charge is 0.484 e. The number of allylic oxidation sites excluding steroid dienone is 1. The minimum absolute atomic E-state index is 0.0623. The van der Waals surface area contributed by atoms with Crippen molar-refractivity contribution in [1.82, 2.24) is 4.90 Å². The van der Waals surface area contributed by atoms with E-state index < -0.39 is 0 Å². The van der Waals surface area contributed by atoms with Crippen molar-refractivity contribution < 1.29 is 9.53 Å². The summed E-state index contributed by atoms with van der Waals surface area (Å²) in [4.78, 5) is 14.6. The second-order valence-corrected chi connectivity index (χ2v) is 8.14. The molecule has 2 aliphatic rings. The Hall–Kier alpha value is -3.33. The number of amides is 1. The highest BCUT2D eigenvalue weighted by atomic mass is 16.5. The number of nitrogens with zero attached hydrogens (tertiary/aromatic N) is 1. The van der Waals surface area contributed by atoms with Gasteiger partial charge < -0.3 is 9.64 Å². The van der Waals surface area contributed by atoms with Gasteiger partial charge in [0.25, 0.3) is 5.91 Å². The topological polar surface area (TPSA) is 29.5 Å². The number of piperidine rings is 1. The maximum absolute atomic E-state index is 12.7. The minimum Gasteiger partial charge on any atom is -0.484 e. The third kappa shape index (κ3) is 3.52. The van der Waals surface area contributed by atoms with Crippen LogP contribution in [0.25, 0.3) is 17.2 Å². The molecule has 5 rings (SSSR count). The molecule has 0 unspecified atom stereocenters. The zero-order valence-corrected chi connectivity index (χ0v) is 17.0. The fraction of sp³-hybridized carbons (Fsp3) is 0.222. The summed E-state index contributed by atoms with van der Waals surface area (Å²) in [6.07, 6.45) is 6.51. The van der Waals surface area contributed by atoms with Crippen molar-refractivity contribution in [1.29, 1.82) is 0 Å². The van der Waals surface area contributed by atoms with Gasteiger partial charge in [0.15, 0.2) is 6.61 Å². The quantitative estimate of drug-likeness (QED) is 0.598. The van der Waals surface area contributed by atoms with Crippen LogP contribution in [-0.4, -0.2) is 30.5 Å². The summed E-state index contributed by atoms with van der Waals surface area (Å²) in [5, 5.41) is 0. The third-order valence-corrected chi connectivity index (χ3v) is 6.41. The molecule has 1 fully saturated rings. The van der Waals surface area contributed by atoms with E-state index in [-0.39, 0.29) is 17.9 Å². The predicted molar refractivity (Wildman–Crippen MR) is 120 cm³/mol. The number of carbonyl (C=O) groups is 1. The lowest BCUT2D eigenvalue weighted by Gasteiger charge is -2.39. The normalized spacial score (nSPS) is 16.5. The Morgan fingerprint density at radius 2 is 1.50 bits per heavy atom. The van der Waals surface area contributed by atoms with Crippen LogP contribution < -0.4 is 4.74 Å².